The van der Waals surface area contributed by atoms with Crippen LogP contribution in [-0.4, -0.2) is 53.9 Å². The molecule has 0 aliphatic carbocycles. The Morgan fingerprint density at radius 2 is 2.03 bits per heavy atom. The molecule has 160 valence electrons. The van der Waals surface area contributed by atoms with E-state index in [2.05, 4.69) is 15.5 Å². The molecule has 0 spiro atoms. The number of carbonyl (C=O) groups excluding carboxylic acids is 1. The van der Waals surface area contributed by atoms with Crippen LogP contribution in [0.5, 0.6) is 0 Å². The maximum absolute atomic E-state index is 13.2. The standard InChI is InChI=1S/C20H25N5O4S/c1-13-7-16-17(11-21-2)22-23-20(16)18(8-13)30(28,29)25(4)12-15(26)9-14-5-6-24(3)19(27)10-14/h5-8,10,21H,9,11-12H2,1-4H3,(H,22,23). The lowest BCUT2D eigenvalue weighted by Gasteiger charge is -2.17. The van der Waals surface area contributed by atoms with Gasteiger partial charge in [-0.05, 0) is 43.3 Å². The van der Waals surface area contributed by atoms with Gasteiger partial charge in [-0.15, -0.1) is 0 Å². The molecule has 0 saturated carbocycles. The Morgan fingerprint density at radius 3 is 2.70 bits per heavy atom. The molecule has 0 amide bonds. The van der Waals surface area contributed by atoms with Gasteiger partial charge in [0.15, 0.2) is 5.78 Å². The van der Waals surface area contributed by atoms with Crippen LogP contribution < -0.4 is 10.9 Å². The second-order valence-electron chi connectivity index (χ2n) is 7.35. The van der Waals surface area contributed by atoms with Crippen molar-refractivity contribution >= 4 is 26.7 Å². The van der Waals surface area contributed by atoms with Crippen molar-refractivity contribution in [3.05, 3.63) is 57.6 Å². The number of benzene rings is 1. The lowest BCUT2D eigenvalue weighted by molar-refractivity contribution is -0.118. The number of sulfonamides is 1. The molecule has 0 aliphatic rings. The molecule has 0 fully saturated rings. The molecule has 2 N–H and O–H groups in total. The third-order valence-electron chi connectivity index (χ3n) is 4.86. The smallest absolute Gasteiger partial charge is 0.250 e. The van der Waals surface area contributed by atoms with Gasteiger partial charge in [0, 0.05) is 44.7 Å². The number of nitrogens with zero attached hydrogens (tertiary/aromatic N) is 3. The van der Waals surface area contributed by atoms with Crippen LogP contribution in [-0.2, 0) is 34.8 Å². The first-order valence-corrected chi connectivity index (χ1v) is 10.8. The van der Waals surface area contributed by atoms with E-state index in [0.717, 1.165) is 20.9 Å². The van der Waals surface area contributed by atoms with Crippen LogP contribution in [0, 0.1) is 6.92 Å². The van der Waals surface area contributed by atoms with Crippen molar-refractivity contribution in [1.82, 2.24) is 24.4 Å². The SMILES string of the molecule is CNCc1[nH]nc2c(S(=O)(=O)N(C)CC(=O)Cc3ccn(C)c(=O)c3)cc(C)cc12. The first-order valence-electron chi connectivity index (χ1n) is 9.39. The summed E-state index contributed by atoms with van der Waals surface area (Å²) >= 11 is 0. The Hall–Kier alpha value is -2.82. The number of aromatic nitrogens is 3. The number of H-pyrrole nitrogens is 1. The predicted molar refractivity (Wildman–Crippen MR) is 114 cm³/mol. The molecule has 0 unspecified atom stereocenters. The quantitative estimate of drug-likeness (QED) is 0.543. The molecule has 0 atom stereocenters. The van der Waals surface area contributed by atoms with Crippen molar-refractivity contribution in [2.75, 3.05) is 20.6 Å². The summed E-state index contributed by atoms with van der Waals surface area (Å²) in [6.07, 6.45) is 1.56. The monoisotopic (exact) mass is 431 g/mol. The fraction of sp³-hybridized carbons (Fsp3) is 0.350. The molecule has 2 aromatic heterocycles. The van der Waals surface area contributed by atoms with Crippen LogP contribution in [0.3, 0.4) is 0 Å². The highest BCUT2D eigenvalue weighted by atomic mass is 32.2. The number of rotatable bonds is 8. The van der Waals surface area contributed by atoms with Gasteiger partial charge in [-0.3, -0.25) is 14.7 Å². The Morgan fingerprint density at radius 1 is 1.30 bits per heavy atom. The Balaban J connectivity index is 1.86. The molecule has 0 saturated heterocycles. The summed E-state index contributed by atoms with van der Waals surface area (Å²) in [5.41, 5.74) is 2.24. The first-order chi connectivity index (χ1) is 14.1. The average molecular weight is 432 g/mol. The molecule has 1 aromatic carbocycles. The van der Waals surface area contributed by atoms with Gasteiger partial charge in [-0.2, -0.15) is 9.40 Å². The Labute approximate surface area is 174 Å². The van der Waals surface area contributed by atoms with Gasteiger partial charge in [-0.25, -0.2) is 8.42 Å². The topological polar surface area (TPSA) is 117 Å². The number of likely N-dealkylation sites (N-methyl/N-ethyl adjacent to an activating group) is 1. The molecular formula is C20H25N5O4S. The summed E-state index contributed by atoms with van der Waals surface area (Å²) in [6, 6.07) is 6.49. The number of nitrogens with one attached hydrogen (secondary N) is 2. The van der Waals surface area contributed by atoms with Crippen molar-refractivity contribution in [3.8, 4) is 0 Å². The molecular weight excluding hydrogens is 406 g/mol. The zero-order valence-corrected chi connectivity index (χ0v) is 18.2. The van der Waals surface area contributed by atoms with Gasteiger partial charge in [0.05, 0.1) is 12.2 Å². The van der Waals surface area contributed by atoms with Crippen molar-refractivity contribution in [1.29, 1.82) is 0 Å². The Bertz CT molecular complexity index is 1260. The molecule has 0 aliphatic heterocycles. The van der Waals surface area contributed by atoms with Crippen molar-refractivity contribution in [3.63, 3.8) is 0 Å². The number of hydrogen-bond acceptors (Lipinski definition) is 6. The summed E-state index contributed by atoms with van der Waals surface area (Å²) in [6.45, 7) is 2.03. The minimum atomic E-state index is -3.95. The minimum absolute atomic E-state index is 0.0199. The number of fused-ring (bicyclic) bond motifs is 1. The highest BCUT2D eigenvalue weighted by Crippen LogP contribution is 2.27. The molecule has 30 heavy (non-hydrogen) atoms. The van der Waals surface area contributed by atoms with Crippen LogP contribution >= 0.6 is 0 Å². The number of aromatic amines is 1. The van der Waals surface area contributed by atoms with Crippen LogP contribution in [0.4, 0.5) is 0 Å². The summed E-state index contributed by atoms with van der Waals surface area (Å²) in [5, 5.41) is 10.8. The average Bonchev–Trinajstić information content (AvgIpc) is 3.06. The van der Waals surface area contributed by atoms with E-state index in [-0.39, 0.29) is 29.2 Å². The van der Waals surface area contributed by atoms with E-state index in [0.29, 0.717) is 17.6 Å². The molecule has 0 bridgehead atoms. The highest BCUT2D eigenvalue weighted by Gasteiger charge is 2.27. The van der Waals surface area contributed by atoms with Gasteiger partial charge in [-0.1, -0.05) is 0 Å². The van der Waals surface area contributed by atoms with Gasteiger partial charge in [0.25, 0.3) is 5.56 Å². The third-order valence-corrected chi connectivity index (χ3v) is 6.67. The summed E-state index contributed by atoms with van der Waals surface area (Å²) in [5.74, 6) is -0.309. The molecule has 0 radical (unpaired) electrons. The lowest BCUT2D eigenvalue weighted by atomic mass is 10.1. The normalized spacial score (nSPS) is 12.0. The highest BCUT2D eigenvalue weighted by molar-refractivity contribution is 7.89. The fourth-order valence-corrected chi connectivity index (χ4v) is 4.65. The van der Waals surface area contributed by atoms with Crippen LogP contribution in [0.2, 0.25) is 0 Å². The number of ketones is 1. The first kappa shape index (κ1) is 21.9. The van der Waals surface area contributed by atoms with Gasteiger partial charge >= 0.3 is 0 Å². The van der Waals surface area contributed by atoms with E-state index in [1.807, 2.05) is 13.0 Å². The van der Waals surface area contributed by atoms with Crippen molar-refractivity contribution < 1.29 is 13.2 Å². The van der Waals surface area contributed by atoms with Crippen LogP contribution in [0.1, 0.15) is 16.8 Å². The van der Waals surface area contributed by atoms with Gasteiger partial charge < -0.3 is 9.88 Å². The third kappa shape index (κ3) is 4.35. The van der Waals surface area contributed by atoms with Crippen molar-refractivity contribution in [2.45, 2.75) is 24.8 Å². The molecule has 2 heterocycles. The summed E-state index contributed by atoms with van der Waals surface area (Å²) in [7, 11) is 0.832. The van der Waals surface area contributed by atoms with E-state index in [9.17, 15) is 18.0 Å². The second kappa shape index (κ2) is 8.50. The second-order valence-corrected chi connectivity index (χ2v) is 9.37. The van der Waals surface area contributed by atoms with E-state index in [1.54, 1.807) is 32.4 Å². The van der Waals surface area contributed by atoms with Crippen molar-refractivity contribution in [2.24, 2.45) is 7.05 Å². The van der Waals surface area contributed by atoms with E-state index < -0.39 is 10.0 Å². The minimum Gasteiger partial charge on any atom is -0.319 e. The predicted octanol–water partition coefficient (Wildman–Crippen LogP) is 0.722. The van der Waals surface area contributed by atoms with Gasteiger partial charge in [0.1, 0.15) is 10.4 Å². The lowest BCUT2D eigenvalue weighted by Crippen LogP contribution is -2.33. The number of pyridine rings is 1. The summed E-state index contributed by atoms with van der Waals surface area (Å²) < 4.78 is 28.8. The van der Waals surface area contributed by atoms with Crippen LogP contribution in [0.15, 0.2) is 40.2 Å². The molecule has 3 rings (SSSR count). The number of carbonyl (C=O) groups is 1. The molecule has 10 heteroatoms. The van der Waals surface area contributed by atoms with E-state index in [4.69, 9.17) is 0 Å². The van der Waals surface area contributed by atoms with Crippen LogP contribution in [0.25, 0.3) is 10.9 Å². The van der Waals surface area contributed by atoms with Gasteiger partial charge in [0.2, 0.25) is 10.0 Å². The fourth-order valence-electron chi connectivity index (χ4n) is 3.27. The zero-order chi connectivity index (χ0) is 22.1. The van der Waals surface area contributed by atoms with E-state index >= 15 is 0 Å². The maximum Gasteiger partial charge on any atom is 0.250 e. The number of hydrogen-bond donors (Lipinski definition) is 2. The zero-order valence-electron chi connectivity index (χ0n) is 17.4. The maximum atomic E-state index is 13.2. The number of aryl methyl sites for hydroxylation is 2. The molecule has 3 aromatic rings. The summed E-state index contributed by atoms with van der Waals surface area (Å²) in [4.78, 5) is 24.3. The number of Topliss-reactive ketones (excluding diaryl/α,β-unsaturated/α-hetero) is 1. The Kier molecular flexibility index (Phi) is 6.20. The largest absolute Gasteiger partial charge is 0.319 e. The molecule has 9 nitrogen and oxygen atoms in total. The van der Waals surface area contributed by atoms with E-state index in [1.165, 1.54) is 17.7 Å².